The molecule has 7 nitrogen and oxygen atoms in total. The third-order valence-corrected chi connectivity index (χ3v) is 7.03. The first kappa shape index (κ1) is 19.9. The highest BCUT2D eigenvalue weighted by molar-refractivity contribution is 7.99. The Balaban J connectivity index is 1.36. The van der Waals surface area contributed by atoms with Crippen LogP contribution < -0.4 is 10.1 Å². The molecule has 0 bridgehead atoms. The zero-order valence-corrected chi connectivity index (χ0v) is 18.4. The second-order valence-electron chi connectivity index (χ2n) is 6.51. The van der Waals surface area contributed by atoms with Gasteiger partial charge in [-0.05, 0) is 41.1 Å². The zero-order valence-electron chi connectivity index (χ0n) is 15.9. The summed E-state index contributed by atoms with van der Waals surface area (Å²) in [5, 5.41) is 15.8. The number of amides is 1. The first-order valence-electron chi connectivity index (χ1n) is 9.22. The van der Waals surface area contributed by atoms with Crippen molar-refractivity contribution in [1.29, 1.82) is 0 Å². The van der Waals surface area contributed by atoms with Crippen LogP contribution in [0.2, 0.25) is 0 Å². The summed E-state index contributed by atoms with van der Waals surface area (Å²) in [6.07, 6.45) is 0. The standard InChI is InChI=1S/C21H14N4O3S3/c26-14(12-5-6-15-13(9-12)22-18(27)10-28-15)11-31-21-23-19(16-3-1-7-29-16)20(24-25-21)17-4-2-8-30-17/h1-9H,10-11H2,(H,22,27). The molecule has 0 atom stereocenters. The van der Waals surface area contributed by atoms with Gasteiger partial charge in [-0.25, -0.2) is 4.98 Å². The summed E-state index contributed by atoms with van der Waals surface area (Å²) < 4.78 is 5.34. The third kappa shape index (κ3) is 4.22. The number of carbonyl (C=O) groups is 2. The Morgan fingerprint density at radius 2 is 1.84 bits per heavy atom. The molecule has 5 rings (SSSR count). The van der Waals surface area contributed by atoms with Crippen molar-refractivity contribution in [3.8, 4) is 26.9 Å². The number of aromatic nitrogens is 3. The van der Waals surface area contributed by atoms with Crippen molar-refractivity contribution < 1.29 is 14.3 Å². The molecule has 0 saturated carbocycles. The summed E-state index contributed by atoms with van der Waals surface area (Å²) in [4.78, 5) is 30.9. The molecule has 1 aliphatic rings. The van der Waals surface area contributed by atoms with E-state index in [-0.39, 0.29) is 24.1 Å². The van der Waals surface area contributed by atoms with Crippen LogP contribution in [0.1, 0.15) is 10.4 Å². The Labute approximate surface area is 189 Å². The number of nitrogens with zero attached hydrogens (tertiary/aromatic N) is 3. The Morgan fingerprint density at radius 1 is 1.06 bits per heavy atom. The predicted molar refractivity (Wildman–Crippen MR) is 122 cm³/mol. The normalized spacial score (nSPS) is 12.7. The number of nitrogens with one attached hydrogen (secondary N) is 1. The van der Waals surface area contributed by atoms with E-state index in [0.29, 0.717) is 22.2 Å². The average molecular weight is 467 g/mol. The largest absolute Gasteiger partial charge is 0.482 e. The molecule has 4 heterocycles. The average Bonchev–Trinajstić information content (AvgIpc) is 3.51. The molecule has 0 radical (unpaired) electrons. The summed E-state index contributed by atoms with van der Waals surface area (Å²) in [5.41, 5.74) is 2.48. The monoisotopic (exact) mass is 466 g/mol. The van der Waals surface area contributed by atoms with Gasteiger partial charge in [-0.15, -0.1) is 32.9 Å². The fraction of sp³-hybridized carbons (Fsp3) is 0.0952. The maximum atomic E-state index is 12.7. The van der Waals surface area contributed by atoms with Gasteiger partial charge in [-0.3, -0.25) is 9.59 Å². The van der Waals surface area contributed by atoms with Gasteiger partial charge in [-0.1, -0.05) is 23.9 Å². The van der Waals surface area contributed by atoms with Crippen LogP contribution in [-0.2, 0) is 4.79 Å². The van der Waals surface area contributed by atoms with Crippen LogP contribution in [0, 0.1) is 0 Å². The molecule has 154 valence electrons. The van der Waals surface area contributed by atoms with Crippen LogP contribution >= 0.6 is 34.4 Å². The van der Waals surface area contributed by atoms with Gasteiger partial charge < -0.3 is 10.1 Å². The summed E-state index contributed by atoms with van der Waals surface area (Å²) >= 11 is 4.40. The highest BCUT2D eigenvalue weighted by Gasteiger charge is 2.19. The Morgan fingerprint density at radius 3 is 2.58 bits per heavy atom. The molecule has 3 aromatic heterocycles. The van der Waals surface area contributed by atoms with Crippen molar-refractivity contribution in [3.05, 3.63) is 58.8 Å². The van der Waals surface area contributed by atoms with Crippen molar-refractivity contribution in [3.63, 3.8) is 0 Å². The van der Waals surface area contributed by atoms with Crippen LogP contribution in [0.4, 0.5) is 5.69 Å². The molecular weight excluding hydrogens is 452 g/mol. The number of thiophene rings is 2. The lowest BCUT2D eigenvalue weighted by atomic mass is 10.1. The van der Waals surface area contributed by atoms with E-state index < -0.39 is 0 Å². The number of ether oxygens (including phenoxy) is 1. The summed E-state index contributed by atoms with van der Waals surface area (Å²) in [6, 6.07) is 12.9. The minimum Gasteiger partial charge on any atom is -0.482 e. The minimum absolute atomic E-state index is 0.0193. The molecule has 0 aliphatic carbocycles. The van der Waals surface area contributed by atoms with Crippen LogP contribution in [-0.4, -0.2) is 39.2 Å². The lowest BCUT2D eigenvalue weighted by molar-refractivity contribution is -0.118. The maximum absolute atomic E-state index is 12.7. The van der Waals surface area contributed by atoms with E-state index >= 15 is 0 Å². The number of hydrogen-bond donors (Lipinski definition) is 1. The number of fused-ring (bicyclic) bond motifs is 1. The fourth-order valence-corrected chi connectivity index (χ4v) is 5.11. The van der Waals surface area contributed by atoms with E-state index in [1.54, 1.807) is 40.9 Å². The fourth-order valence-electron chi connectivity index (χ4n) is 3.01. The molecule has 31 heavy (non-hydrogen) atoms. The Hall–Kier alpha value is -3.08. The van der Waals surface area contributed by atoms with Gasteiger partial charge in [-0.2, -0.15) is 0 Å². The van der Waals surface area contributed by atoms with Crippen LogP contribution in [0.15, 0.2) is 58.4 Å². The highest BCUT2D eigenvalue weighted by atomic mass is 32.2. The van der Waals surface area contributed by atoms with E-state index in [9.17, 15) is 9.59 Å². The lowest BCUT2D eigenvalue weighted by Gasteiger charge is -2.18. The van der Waals surface area contributed by atoms with Crippen molar-refractivity contribution in [2.75, 3.05) is 17.7 Å². The van der Waals surface area contributed by atoms with E-state index in [0.717, 1.165) is 21.1 Å². The molecule has 1 N–H and O–H groups in total. The van der Waals surface area contributed by atoms with Crippen molar-refractivity contribution in [1.82, 2.24) is 15.2 Å². The first-order chi connectivity index (χ1) is 15.2. The quantitative estimate of drug-likeness (QED) is 0.327. The van der Waals surface area contributed by atoms with Crippen molar-refractivity contribution in [2.45, 2.75) is 5.16 Å². The van der Waals surface area contributed by atoms with Crippen LogP contribution in [0.5, 0.6) is 5.75 Å². The summed E-state index contributed by atoms with van der Waals surface area (Å²) in [5.74, 6) is 0.368. The van der Waals surface area contributed by atoms with E-state index in [1.807, 2.05) is 35.0 Å². The number of benzene rings is 1. The molecule has 1 amide bonds. The number of thioether (sulfide) groups is 1. The third-order valence-electron chi connectivity index (χ3n) is 4.44. The molecule has 0 saturated heterocycles. The number of hydrogen-bond acceptors (Lipinski definition) is 9. The van der Waals surface area contributed by atoms with Gasteiger partial charge >= 0.3 is 0 Å². The number of anilines is 1. The topological polar surface area (TPSA) is 94.1 Å². The lowest BCUT2D eigenvalue weighted by Crippen LogP contribution is -2.25. The smallest absolute Gasteiger partial charge is 0.262 e. The molecule has 0 spiro atoms. The molecule has 4 aromatic rings. The summed E-state index contributed by atoms with van der Waals surface area (Å²) in [6.45, 7) is -0.0193. The minimum atomic E-state index is -0.238. The number of ketones is 1. The molecular formula is C21H14N4O3S3. The van der Waals surface area contributed by atoms with Gasteiger partial charge in [0, 0.05) is 5.56 Å². The maximum Gasteiger partial charge on any atom is 0.262 e. The molecule has 0 unspecified atom stereocenters. The second kappa shape index (κ2) is 8.58. The SMILES string of the molecule is O=C1COc2ccc(C(=O)CSc3nnc(-c4cccs4)c(-c4cccs4)n3)cc2N1. The number of carbonyl (C=O) groups excluding carboxylic acids is 2. The van der Waals surface area contributed by atoms with E-state index in [2.05, 4.69) is 15.5 Å². The highest BCUT2D eigenvalue weighted by Crippen LogP contribution is 2.35. The molecule has 10 heteroatoms. The predicted octanol–water partition coefficient (Wildman–Crippen LogP) is 4.63. The van der Waals surface area contributed by atoms with Crippen molar-refractivity contribution >= 4 is 51.8 Å². The van der Waals surface area contributed by atoms with Gasteiger partial charge in [0.15, 0.2) is 12.4 Å². The zero-order chi connectivity index (χ0) is 21.2. The Bertz CT molecular complexity index is 1260. The number of Topliss-reactive ketones (excluding diaryl/α,β-unsaturated/α-hetero) is 1. The van der Waals surface area contributed by atoms with Gasteiger partial charge in [0.05, 0.1) is 21.2 Å². The van der Waals surface area contributed by atoms with Gasteiger partial charge in [0.1, 0.15) is 17.1 Å². The second-order valence-corrected chi connectivity index (χ2v) is 9.34. The molecule has 1 aromatic carbocycles. The molecule has 1 aliphatic heterocycles. The first-order valence-corrected chi connectivity index (χ1v) is 12.0. The number of rotatable bonds is 6. The van der Waals surface area contributed by atoms with E-state index in [1.165, 1.54) is 11.8 Å². The summed E-state index contributed by atoms with van der Waals surface area (Å²) in [7, 11) is 0. The van der Waals surface area contributed by atoms with Crippen LogP contribution in [0.25, 0.3) is 21.1 Å². The molecule has 0 fully saturated rings. The van der Waals surface area contributed by atoms with Gasteiger partial charge in [0.25, 0.3) is 5.91 Å². The van der Waals surface area contributed by atoms with E-state index in [4.69, 9.17) is 9.72 Å². The van der Waals surface area contributed by atoms with Gasteiger partial charge in [0.2, 0.25) is 5.16 Å². The Kier molecular flexibility index (Phi) is 5.49. The van der Waals surface area contributed by atoms with Crippen LogP contribution in [0.3, 0.4) is 0 Å². The van der Waals surface area contributed by atoms with Crippen molar-refractivity contribution in [2.24, 2.45) is 0 Å².